The molecule has 2 aliphatic rings. The molecule has 1 fully saturated rings. The van der Waals surface area contributed by atoms with Gasteiger partial charge in [0, 0.05) is 19.7 Å². The number of aliphatic hydroxyl groups excluding tert-OH is 1. The number of nitrogens with one attached hydrogen (secondary N) is 3. The summed E-state index contributed by atoms with van der Waals surface area (Å²) in [6.45, 7) is 0.662. The maximum absolute atomic E-state index is 12.1. The van der Waals surface area contributed by atoms with Crippen molar-refractivity contribution >= 4 is 11.9 Å². The maximum Gasteiger partial charge on any atom is 0.315 e. The number of aliphatic hydroxyl groups is 1. The van der Waals surface area contributed by atoms with E-state index in [0.29, 0.717) is 13.2 Å². The van der Waals surface area contributed by atoms with Crippen LogP contribution >= 0.6 is 0 Å². The summed E-state index contributed by atoms with van der Waals surface area (Å²) in [5, 5.41) is 18.0. The van der Waals surface area contributed by atoms with Crippen LogP contribution in [-0.4, -0.2) is 68.2 Å². The van der Waals surface area contributed by atoms with E-state index in [1.807, 2.05) is 0 Å². The first-order valence-corrected chi connectivity index (χ1v) is 8.89. The highest BCUT2D eigenvalue weighted by molar-refractivity contribution is 5.77. The molecular weight excluding hydrogens is 326 g/mol. The molecule has 142 valence electrons. The molecule has 0 saturated heterocycles. The molecule has 0 bridgehead atoms. The van der Waals surface area contributed by atoms with Gasteiger partial charge in [0.1, 0.15) is 6.10 Å². The number of carbonyl (C=O) groups is 2. The largest absolute Gasteiger partial charge is 0.394 e. The van der Waals surface area contributed by atoms with Crippen LogP contribution in [0.15, 0.2) is 12.2 Å². The molecule has 8 nitrogen and oxygen atoms in total. The molecule has 1 aliphatic carbocycles. The van der Waals surface area contributed by atoms with Gasteiger partial charge < -0.3 is 30.5 Å². The van der Waals surface area contributed by atoms with Gasteiger partial charge in [-0.1, -0.05) is 25.0 Å². The average molecular weight is 355 g/mol. The molecule has 0 aromatic carbocycles. The lowest BCUT2D eigenvalue weighted by Crippen LogP contribution is -2.53. The highest BCUT2D eigenvalue weighted by atomic mass is 16.5. The molecule has 4 N–H and O–H groups in total. The number of carbonyl (C=O) groups excluding carboxylic acids is 2. The quantitative estimate of drug-likeness (QED) is 0.364. The monoisotopic (exact) mass is 355 g/mol. The van der Waals surface area contributed by atoms with E-state index in [1.165, 1.54) is 0 Å². The maximum atomic E-state index is 12.1. The van der Waals surface area contributed by atoms with Crippen LogP contribution < -0.4 is 16.0 Å². The van der Waals surface area contributed by atoms with Crippen LogP contribution in [0.2, 0.25) is 0 Å². The topological polar surface area (TPSA) is 109 Å². The summed E-state index contributed by atoms with van der Waals surface area (Å²) < 4.78 is 10.6. The molecule has 1 saturated carbocycles. The Balaban J connectivity index is 1.78. The highest BCUT2D eigenvalue weighted by Crippen LogP contribution is 2.18. The highest BCUT2D eigenvalue weighted by Gasteiger charge is 2.29. The second-order valence-corrected chi connectivity index (χ2v) is 6.45. The van der Waals surface area contributed by atoms with Crippen molar-refractivity contribution in [2.45, 2.75) is 56.4 Å². The van der Waals surface area contributed by atoms with E-state index in [-0.39, 0.29) is 31.0 Å². The normalized spacial score (nSPS) is 26.4. The number of hydrogen-bond donors (Lipinski definition) is 4. The molecular formula is C17H29N3O5. The average Bonchev–Trinajstić information content (AvgIpc) is 3.09. The van der Waals surface area contributed by atoms with Gasteiger partial charge in [-0.2, -0.15) is 0 Å². The first kappa shape index (κ1) is 19.7. The van der Waals surface area contributed by atoms with Crippen LogP contribution in [0.5, 0.6) is 0 Å². The van der Waals surface area contributed by atoms with Crippen molar-refractivity contribution in [2.24, 2.45) is 0 Å². The summed E-state index contributed by atoms with van der Waals surface area (Å²) in [7, 11) is 1.57. The molecule has 0 aromatic heterocycles. The Bertz CT molecular complexity index is 465. The molecule has 0 unspecified atom stereocenters. The van der Waals surface area contributed by atoms with E-state index in [9.17, 15) is 14.7 Å². The first-order valence-electron chi connectivity index (χ1n) is 8.89. The zero-order valence-corrected chi connectivity index (χ0v) is 14.7. The number of rotatable bonds is 8. The van der Waals surface area contributed by atoms with Gasteiger partial charge in [0.15, 0.2) is 0 Å². The van der Waals surface area contributed by atoms with E-state index < -0.39 is 18.2 Å². The second-order valence-electron chi connectivity index (χ2n) is 6.45. The first-order chi connectivity index (χ1) is 12.1. The molecule has 8 heteroatoms. The van der Waals surface area contributed by atoms with Crippen molar-refractivity contribution in [1.82, 2.24) is 16.0 Å². The summed E-state index contributed by atoms with van der Waals surface area (Å²) in [4.78, 5) is 23.9. The lowest BCUT2D eigenvalue weighted by atomic mass is 10.0. The fraction of sp³-hybridized carbons (Fsp3) is 0.765. The summed E-state index contributed by atoms with van der Waals surface area (Å²) >= 11 is 0. The van der Waals surface area contributed by atoms with E-state index in [4.69, 9.17) is 9.47 Å². The van der Waals surface area contributed by atoms with E-state index in [2.05, 4.69) is 16.0 Å². The van der Waals surface area contributed by atoms with Crippen LogP contribution in [0.25, 0.3) is 0 Å². The van der Waals surface area contributed by atoms with Gasteiger partial charge >= 0.3 is 6.03 Å². The van der Waals surface area contributed by atoms with Crippen molar-refractivity contribution in [3.05, 3.63) is 12.2 Å². The Kier molecular flexibility index (Phi) is 8.17. The van der Waals surface area contributed by atoms with Crippen molar-refractivity contribution in [3.63, 3.8) is 0 Å². The number of amides is 3. The minimum Gasteiger partial charge on any atom is -0.394 e. The van der Waals surface area contributed by atoms with E-state index >= 15 is 0 Å². The molecule has 2 rings (SSSR count). The van der Waals surface area contributed by atoms with Crippen LogP contribution in [0, 0.1) is 0 Å². The lowest BCUT2D eigenvalue weighted by Gasteiger charge is -2.32. The zero-order valence-electron chi connectivity index (χ0n) is 14.7. The number of ether oxygens (including phenoxy) is 2. The molecule has 0 radical (unpaired) electrons. The Morgan fingerprint density at radius 3 is 2.68 bits per heavy atom. The predicted molar refractivity (Wildman–Crippen MR) is 92.1 cm³/mol. The van der Waals surface area contributed by atoms with Gasteiger partial charge in [-0.05, 0) is 12.8 Å². The van der Waals surface area contributed by atoms with Crippen LogP contribution in [-0.2, 0) is 14.3 Å². The van der Waals surface area contributed by atoms with Gasteiger partial charge in [-0.25, -0.2) is 4.79 Å². The summed E-state index contributed by atoms with van der Waals surface area (Å²) in [5.41, 5.74) is 0. The molecule has 25 heavy (non-hydrogen) atoms. The standard InChI is InChI=1S/C17H29N3O5/c1-24-9-8-18-16(22)10-13-6-7-14(15(11-21)25-13)20-17(23)19-12-4-2-3-5-12/h6-7,12-15,21H,2-5,8-11H2,1H3,(H,18,22)(H2,19,20,23)/t13-,14+,15-/m1/s1. The summed E-state index contributed by atoms with van der Waals surface area (Å²) in [5.74, 6) is -0.145. The van der Waals surface area contributed by atoms with Crippen LogP contribution in [0.3, 0.4) is 0 Å². The number of methoxy groups -OCH3 is 1. The van der Waals surface area contributed by atoms with Gasteiger partial charge in [-0.3, -0.25) is 4.79 Å². The van der Waals surface area contributed by atoms with Gasteiger partial charge in [0.05, 0.1) is 31.8 Å². The van der Waals surface area contributed by atoms with Crippen molar-refractivity contribution < 1.29 is 24.2 Å². The summed E-state index contributed by atoms with van der Waals surface area (Å²) in [6.07, 6.45) is 7.01. The van der Waals surface area contributed by atoms with Crippen molar-refractivity contribution in [3.8, 4) is 0 Å². The van der Waals surface area contributed by atoms with Crippen LogP contribution in [0.1, 0.15) is 32.1 Å². The molecule has 0 aromatic rings. The molecule has 1 aliphatic heterocycles. The third-order valence-corrected chi connectivity index (χ3v) is 4.47. The van der Waals surface area contributed by atoms with E-state index in [0.717, 1.165) is 25.7 Å². The smallest absolute Gasteiger partial charge is 0.315 e. The number of hydrogen-bond acceptors (Lipinski definition) is 5. The molecule has 3 amide bonds. The summed E-state index contributed by atoms with van der Waals surface area (Å²) in [6, 6.07) is -0.442. The fourth-order valence-electron chi connectivity index (χ4n) is 3.13. The fourth-order valence-corrected chi connectivity index (χ4v) is 3.13. The minimum absolute atomic E-state index is 0.145. The lowest BCUT2D eigenvalue weighted by molar-refractivity contribution is -0.125. The zero-order chi connectivity index (χ0) is 18.1. The minimum atomic E-state index is -0.573. The van der Waals surface area contributed by atoms with Crippen LogP contribution in [0.4, 0.5) is 4.79 Å². The second kappa shape index (κ2) is 10.4. The van der Waals surface area contributed by atoms with Gasteiger partial charge in [0.25, 0.3) is 0 Å². The number of urea groups is 1. The predicted octanol–water partition coefficient (Wildman–Crippen LogP) is 0.0654. The Morgan fingerprint density at radius 1 is 1.24 bits per heavy atom. The Hall–Kier alpha value is -1.64. The van der Waals surface area contributed by atoms with Gasteiger partial charge in [-0.15, -0.1) is 0 Å². The van der Waals surface area contributed by atoms with E-state index in [1.54, 1.807) is 19.3 Å². The molecule has 3 atom stereocenters. The van der Waals surface area contributed by atoms with Crippen molar-refractivity contribution in [2.75, 3.05) is 26.9 Å². The third-order valence-electron chi connectivity index (χ3n) is 4.47. The third kappa shape index (κ3) is 6.64. The molecule has 1 heterocycles. The Labute approximate surface area is 148 Å². The Morgan fingerprint density at radius 2 is 2.00 bits per heavy atom. The SMILES string of the molecule is COCCNC(=O)C[C@H]1C=C[C@H](NC(=O)NC2CCCC2)[C@@H](CO)O1. The van der Waals surface area contributed by atoms with Crippen molar-refractivity contribution in [1.29, 1.82) is 0 Å². The van der Waals surface area contributed by atoms with Gasteiger partial charge in [0.2, 0.25) is 5.91 Å². The molecule has 0 spiro atoms.